The van der Waals surface area contributed by atoms with Crippen LogP contribution in [-0.2, 0) is 0 Å². The molecule has 1 aliphatic rings. The number of nitrogens with zero attached hydrogens (tertiary/aromatic N) is 1. The predicted octanol–water partition coefficient (Wildman–Crippen LogP) is 4.62. The maximum Gasteiger partial charge on any atom is 0.122 e. The number of ether oxygens (including phenoxy) is 2. The lowest BCUT2D eigenvalue weighted by Gasteiger charge is -2.40. The fourth-order valence-corrected chi connectivity index (χ4v) is 3.55. The second-order valence-electron chi connectivity index (χ2n) is 7.36. The molecule has 0 N–H and O–H groups in total. The SMILES string of the molecule is Cc1cccc(OC2(C)CCCN(CCOc3ccccc3C)C2)c1. The summed E-state index contributed by atoms with van der Waals surface area (Å²) in [5.74, 6) is 1.96. The smallest absolute Gasteiger partial charge is 0.122 e. The molecule has 2 aromatic rings. The van der Waals surface area contributed by atoms with Gasteiger partial charge in [0.15, 0.2) is 0 Å². The Balaban J connectivity index is 1.53. The van der Waals surface area contributed by atoms with Crippen LogP contribution in [0.5, 0.6) is 11.5 Å². The van der Waals surface area contributed by atoms with Gasteiger partial charge >= 0.3 is 0 Å². The Morgan fingerprint density at radius 2 is 1.92 bits per heavy atom. The van der Waals surface area contributed by atoms with Crippen molar-refractivity contribution in [2.45, 2.75) is 39.2 Å². The van der Waals surface area contributed by atoms with Crippen LogP contribution in [0.4, 0.5) is 0 Å². The summed E-state index contributed by atoms with van der Waals surface area (Å²) in [4.78, 5) is 2.46. The summed E-state index contributed by atoms with van der Waals surface area (Å²) in [6, 6.07) is 16.5. The third kappa shape index (κ3) is 4.99. The summed E-state index contributed by atoms with van der Waals surface area (Å²) in [5, 5.41) is 0. The zero-order valence-electron chi connectivity index (χ0n) is 15.6. The minimum absolute atomic E-state index is 0.130. The quantitative estimate of drug-likeness (QED) is 0.767. The van der Waals surface area contributed by atoms with Gasteiger partial charge in [-0.3, -0.25) is 4.90 Å². The van der Waals surface area contributed by atoms with E-state index in [0.717, 1.165) is 44.0 Å². The topological polar surface area (TPSA) is 21.7 Å². The lowest BCUT2D eigenvalue weighted by atomic mass is 9.94. The van der Waals surface area contributed by atoms with Gasteiger partial charge in [-0.2, -0.15) is 0 Å². The van der Waals surface area contributed by atoms with Crippen LogP contribution in [0.2, 0.25) is 0 Å². The first-order valence-corrected chi connectivity index (χ1v) is 9.21. The van der Waals surface area contributed by atoms with Crippen LogP contribution in [0, 0.1) is 13.8 Å². The molecule has 0 amide bonds. The zero-order chi connectivity index (χ0) is 17.7. The molecule has 1 unspecified atom stereocenters. The number of rotatable bonds is 6. The first kappa shape index (κ1) is 17.8. The molecule has 1 fully saturated rings. The molecule has 1 aliphatic heterocycles. The van der Waals surface area contributed by atoms with Gasteiger partial charge in [-0.05, 0) is 69.5 Å². The first-order valence-electron chi connectivity index (χ1n) is 9.21. The van der Waals surface area contributed by atoms with Crippen LogP contribution in [0.3, 0.4) is 0 Å². The van der Waals surface area contributed by atoms with Crippen molar-refractivity contribution in [1.29, 1.82) is 0 Å². The van der Waals surface area contributed by atoms with E-state index in [0.29, 0.717) is 6.61 Å². The van der Waals surface area contributed by atoms with Crippen molar-refractivity contribution in [3.05, 3.63) is 59.7 Å². The Morgan fingerprint density at radius 1 is 1.08 bits per heavy atom. The molecule has 134 valence electrons. The Kier molecular flexibility index (Phi) is 5.64. The Hall–Kier alpha value is -2.00. The highest BCUT2D eigenvalue weighted by Gasteiger charge is 2.32. The van der Waals surface area contributed by atoms with Gasteiger partial charge in [0.2, 0.25) is 0 Å². The maximum atomic E-state index is 6.36. The van der Waals surface area contributed by atoms with E-state index in [4.69, 9.17) is 9.47 Å². The number of benzene rings is 2. The number of hydrogen-bond acceptors (Lipinski definition) is 3. The van der Waals surface area contributed by atoms with Gasteiger partial charge in [-0.15, -0.1) is 0 Å². The molecule has 0 aromatic heterocycles. The monoisotopic (exact) mass is 339 g/mol. The first-order chi connectivity index (χ1) is 12.0. The second kappa shape index (κ2) is 7.92. The zero-order valence-corrected chi connectivity index (χ0v) is 15.6. The van der Waals surface area contributed by atoms with Gasteiger partial charge in [-0.1, -0.05) is 30.3 Å². The van der Waals surface area contributed by atoms with E-state index in [1.54, 1.807) is 0 Å². The fraction of sp³-hybridized carbons (Fsp3) is 0.455. The van der Waals surface area contributed by atoms with Crippen molar-refractivity contribution in [1.82, 2.24) is 4.90 Å². The highest BCUT2D eigenvalue weighted by molar-refractivity contribution is 5.31. The van der Waals surface area contributed by atoms with Gasteiger partial charge in [-0.25, -0.2) is 0 Å². The van der Waals surface area contributed by atoms with Gasteiger partial charge in [0, 0.05) is 13.1 Å². The number of aryl methyl sites for hydroxylation is 2. The van der Waals surface area contributed by atoms with E-state index < -0.39 is 0 Å². The van der Waals surface area contributed by atoms with E-state index in [2.05, 4.69) is 56.0 Å². The highest BCUT2D eigenvalue weighted by atomic mass is 16.5. The Morgan fingerprint density at radius 3 is 2.72 bits per heavy atom. The van der Waals surface area contributed by atoms with E-state index >= 15 is 0 Å². The van der Waals surface area contributed by atoms with Gasteiger partial charge in [0.1, 0.15) is 23.7 Å². The predicted molar refractivity (Wildman–Crippen MR) is 103 cm³/mol. The minimum Gasteiger partial charge on any atom is -0.492 e. The van der Waals surface area contributed by atoms with Crippen LogP contribution in [-0.4, -0.2) is 36.7 Å². The standard InChI is InChI=1S/C22H29NO2/c1-18-8-6-10-20(16-18)25-22(3)12-7-13-23(17-22)14-15-24-21-11-5-4-9-19(21)2/h4-6,8-11,16H,7,12-15,17H2,1-3H3. The largest absolute Gasteiger partial charge is 0.492 e. The molecule has 25 heavy (non-hydrogen) atoms. The number of likely N-dealkylation sites (tertiary alicyclic amines) is 1. The van der Waals surface area contributed by atoms with Crippen molar-refractivity contribution in [2.24, 2.45) is 0 Å². The van der Waals surface area contributed by atoms with Crippen molar-refractivity contribution in [3.63, 3.8) is 0 Å². The average molecular weight is 339 g/mol. The van der Waals surface area contributed by atoms with Crippen LogP contribution in [0.25, 0.3) is 0 Å². The average Bonchev–Trinajstić information content (AvgIpc) is 2.56. The summed E-state index contributed by atoms with van der Waals surface area (Å²) in [6.45, 7) is 10.1. The molecule has 2 aromatic carbocycles. The number of hydrogen-bond donors (Lipinski definition) is 0. The lowest BCUT2D eigenvalue weighted by Crippen LogP contribution is -2.50. The van der Waals surface area contributed by atoms with E-state index in [-0.39, 0.29) is 5.60 Å². The van der Waals surface area contributed by atoms with Crippen LogP contribution in [0.1, 0.15) is 30.9 Å². The molecular formula is C22H29NO2. The number of para-hydroxylation sites is 1. The molecular weight excluding hydrogens is 310 g/mol. The summed E-state index contributed by atoms with van der Waals surface area (Å²) in [7, 11) is 0. The maximum absolute atomic E-state index is 6.36. The van der Waals surface area contributed by atoms with Crippen molar-refractivity contribution in [3.8, 4) is 11.5 Å². The molecule has 1 saturated heterocycles. The lowest BCUT2D eigenvalue weighted by molar-refractivity contribution is 0.00209. The third-order valence-electron chi connectivity index (χ3n) is 4.85. The van der Waals surface area contributed by atoms with Crippen molar-refractivity contribution >= 4 is 0 Å². The summed E-state index contributed by atoms with van der Waals surface area (Å²) in [6.07, 6.45) is 2.25. The molecule has 0 spiro atoms. The molecule has 0 saturated carbocycles. The van der Waals surface area contributed by atoms with Crippen LogP contribution < -0.4 is 9.47 Å². The summed E-state index contributed by atoms with van der Waals surface area (Å²) in [5.41, 5.74) is 2.29. The second-order valence-corrected chi connectivity index (χ2v) is 7.36. The van der Waals surface area contributed by atoms with Crippen molar-refractivity contribution in [2.75, 3.05) is 26.2 Å². The molecule has 0 radical (unpaired) electrons. The molecule has 3 nitrogen and oxygen atoms in total. The van der Waals surface area contributed by atoms with Crippen molar-refractivity contribution < 1.29 is 9.47 Å². The Bertz CT molecular complexity index is 700. The van der Waals surface area contributed by atoms with Crippen LogP contribution in [0.15, 0.2) is 48.5 Å². The molecule has 3 heteroatoms. The Labute approximate surface area is 151 Å². The molecule has 0 aliphatic carbocycles. The van der Waals surface area contributed by atoms with Crippen LogP contribution >= 0.6 is 0 Å². The summed E-state index contributed by atoms with van der Waals surface area (Å²) >= 11 is 0. The highest BCUT2D eigenvalue weighted by Crippen LogP contribution is 2.28. The number of piperidine rings is 1. The van der Waals surface area contributed by atoms with Gasteiger partial charge in [0.25, 0.3) is 0 Å². The summed E-state index contributed by atoms with van der Waals surface area (Å²) < 4.78 is 12.3. The molecule has 1 atom stereocenters. The molecule has 3 rings (SSSR count). The fourth-order valence-electron chi connectivity index (χ4n) is 3.55. The normalized spacial score (nSPS) is 21.1. The minimum atomic E-state index is -0.130. The molecule has 0 bridgehead atoms. The van der Waals surface area contributed by atoms with Gasteiger partial charge < -0.3 is 9.47 Å². The van der Waals surface area contributed by atoms with Gasteiger partial charge in [0.05, 0.1) is 0 Å². The van der Waals surface area contributed by atoms with E-state index in [1.165, 1.54) is 11.1 Å². The van der Waals surface area contributed by atoms with E-state index in [9.17, 15) is 0 Å². The molecule has 1 heterocycles. The van der Waals surface area contributed by atoms with E-state index in [1.807, 2.05) is 18.2 Å². The third-order valence-corrected chi connectivity index (χ3v) is 4.85.